The lowest BCUT2D eigenvalue weighted by molar-refractivity contribution is -0.149. The van der Waals surface area contributed by atoms with Crippen molar-refractivity contribution in [2.45, 2.75) is 24.6 Å². The van der Waals surface area contributed by atoms with Gasteiger partial charge in [0, 0.05) is 6.54 Å². The number of β-lactam (4-membered cyclic amide) rings is 1. The summed E-state index contributed by atoms with van der Waals surface area (Å²) in [5, 5.41) is 12.8. The normalized spacial score (nSPS) is 27.2. The minimum Gasteiger partial charge on any atom is -0.378 e. The van der Waals surface area contributed by atoms with Crippen LogP contribution in [0.25, 0.3) is 0 Å². The summed E-state index contributed by atoms with van der Waals surface area (Å²) < 4.78 is 0. The van der Waals surface area contributed by atoms with E-state index in [4.69, 9.17) is 0 Å². The molecule has 18 heavy (non-hydrogen) atoms. The van der Waals surface area contributed by atoms with Crippen molar-refractivity contribution >= 4 is 11.8 Å². The SMILES string of the molecule is O=C1N[C@@H]2CCN(C(=O)[C@H](O)c3ccccc3)[C@H]12. The summed E-state index contributed by atoms with van der Waals surface area (Å²) in [4.78, 5) is 25.1. The molecule has 2 fully saturated rings. The second kappa shape index (κ2) is 4.10. The molecule has 0 unspecified atom stereocenters. The average Bonchev–Trinajstić information content (AvgIpc) is 2.75. The van der Waals surface area contributed by atoms with Gasteiger partial charge >= 0.3 is 0 Å². The average molecular weight is 246 g/mol. The Morgan fingerprint density at radius 3 is 2.78 bits per heavy atom. The largest absolute Gasteiger partial charge is 0.378 e. The number of hydrogen-bond donors (Lipinski definition) is 2. The van der Waals surface area contributed by atoms with E-state index in [1.807, 2.05) is 6.07 Å². The fourth-order valence-electron chi connectivity index (χ4n) is 2.62. The highest BCUT2D eigenvalue weighted by Crippen LogP contribution is 2.28. The number of hydrogen-bond acceptors (Lipinski definition) is 3. The maximum absolute atomic E-state index is 12.2. The first-order chi connectivity index (χ1) is 8.68. The molecule has 2 N–H and O–H groups in total. The molecule has 3 atom stereocenters. The summed E-state index contributed by atoms with van der Waals surface area (Å²) in [6.45, 7) is 0.525. The number of likely N-dealkylation sites (tertiary alicyclic amines) is 1. The number of nitrogens with zero attached hydrogens (tertiary/aromatic N) is 1. The Morgan fingerprint density at radius 2 is 2.11 bits per heavy atom. The Balaban J connectivity index is 1.77. The number of aliphatic hydroxyl groups excluding tert-OH is 1. The van der Waals surface area contributed by atoms with Crippen LogP contribution in [0.4, 0.5) is 0 Å². The van der Waals surface area contributed by atoms with E-state index in [1.54, 1.807) is 24.3 Å². The molecule has 3 rings (SSSR count). The molecule has 2 amide bonds. The third-order valence-corrected chi connectivity index (χ3v) is 3.63. The van der Waals surface area contributed by atoms with Crippen molar-refractivity contribution in [2.75, 3.05) is 6.54 Å². The molecule has 2 heterocycles. The quantitative estimate of drug-likeness (QED) is 0.711. The van der Waals surface area contributed by atoms with E-state index in [-0.39, 0.29) is 23.9 Å². The van der Waals surface area contributed by atoms with Crippen LogP contribution in [0.5, 0.6) is 0 Å². The molecule has 1 aromatic carbocycles. The predicted molar refractivity (Wildman–Crippen MR) is 63.5 cm³/mol. The summed E-state index contributed by atoms with van der Waals surface area (Å²) in [6, 6.07) is 8.48. The highest BCUT2D eigenvalue weighted by atomic mass is 16.3. The van der Waals surface area contributed by atoms with Gasteiger partial charge in [-0.05, 0) is 12.0 Å². The monoisotopic (exact) mass is 246 g/mol. The molecule has 0 radical (unpaired) electrons. The van der Waals surface area contributed by atoms with Gasteiger partial charge in [-0.3, -0.25) is 9.59 Å². The molecule has 0 aliphatic carbocycles. The fourth-order valence-corrected chi connectivity index (χ4v) is 2.62. The number of nitrogens with one attached hydrogen (secondary N) is 1. The van der Waals surface area contributed by atoms with Gasteiger partial charge in [0.1, 0.15) is 6.04 Å². The van der Waals surface area contributed by atoms with Crippen molar-refractivity contribution in [1.82, 2.24) is 10.2 Å². The van der Waals surface area contributed by atoms with Crippen molar-refractivity contribution in [3.05, 3.63) is 35.9 Å². The molecule has 0 saturated carbocycles. The second-order valence-electron chi connectivity index (χ2n) is 4.69. The Bertz CT molecular complexity index is 488. The van der Waals surface area contributed by atoms with E-state index in [2.05, 4.69) is 5.32 Å². The third-order valence-electron chi connectivity index (χ3n) is 3.63. The van der Waals surface area contributed by atoms with Gasteiger partial charge in [-0.2, -0.15) is 0 Å². The summed E-state index contributed by atoms with van der Waals surface area (Å²) >= 11 is 0. The van der Waals surface area contributed by atoms with Gasteiger partial charge in [-0.15, -0.1) is 0 Å². The van der Waals surface area contributed by atoms with Gasteiger partial charge in [0.25, 0.3) is 5.91 Å². The van der Waals surface area contributed by atoms with Crippen molar-refractivity contribution in [3.63, 3.8) is 0 Å². The second-order valence-corrected chi connectivity index (χ2v) is 4.69. The number of amides is 2. The smallest absolute Gasteiger partial charge is 0.256 e. The van der Waals surface area contributed by atoms with E-state index in [9.17, 15) is 14.7 Å². The first-order valence-corrected chi connectivity index (χ1v) is 6.02. The molecule has 2 saturated heterocycles. The first-order valence-electron chi connectivity index (χ1n) is 6.02. The van der Waals surface area contributed by atoms with E-state index >= 15 is 0 Å². The van der Waals surface area contributed by atoms with Gasteiger partial charge in [-0.1, -0.05) is 30.3 Å². The van der Waals surface area contributed by atoms with E-state index in [0.717, 1.165) is 6.42 Å². The standard InChI is InChI=1S/C13H14N2O3/c16-11(8-4-2-1-3-5-8)13(18)15-7-6-9-10(15)12(17)14-9/h1-5,9-11,16H,6-7H2,(H,14,17)/t9-,10+,11-/m1/s1. The van der Waals surface area contributed by atoms with Crippen LogP contribution in [0.15, 0.2) is 30.3 Å². The third kappa shape index (κ3) is 1.59. The molecular formula is C13H14N2O3. The van der Waals surface area contributed by atoms with Gasteiger partial charge in [0.2, 0.25) is 5.91 Å². The minimum atomic E-state index is -1.18. The molecule has 0 bridgehead atoms. The Morgan fingerprint density at radius 1 is 1.39 bits per heavy atom. The van der Waals surface area contributed by atoms with E-state index in [1.165, 1.54) is 4.90 Å². The van der Waals surface area contributed by atoms with Gasteiger partial charge < -0.3 is 15.3 Å². The van der Waals surface area contributed by atoms with Crippen LogP contribution in [-0.2, 0) is 9.59 Å². The van der Waals surface area contributed by atoms with Crippen LogP contribution in [-0.4, -0.2) is 40.4 Å². The molecule has 5 heteroatoms. The highest BCUT2D eigenvalue weighted by Gasteiger charge is 2.50. The number of carbonyl (C=O) groups is 2. The van der Waals surface area contributed by atoms with Crippen LogP contribution < -0.4 is 5.32 Å². The molecule has 2 aliphatic rings. The number of carbonyl (C=O) groups excluding carboxylic acids is 2. The van der Waals surface area contributed by atoms with Gasteiger partial charge in [0.05, 0.1) is 6.04 Å². The first kappa shape index (κ1) is 11.2. The summed E-state index contributed by atoms with van der Waals surface area (Å²) in [7, 11) is 0. The van der Waals surface area contributed by atoms with Crippen molar-refractivity contribution in [3.8, 4) is 0 Å². The van der Waals surface area contributed by atoms with Crippen LogP contribution in [0.3, 0.4) is 0 Å². The van der Waals surface area contributed by atoms with E-state index < -0.39 is 6.10 Å². The number of aliphatic hydroxyl groups is 1. The molecular weight excluding hydrogens is 232 g/mol. The number of fused-ring (bicyclic) bond motifs is 1. The van der Waals surface area contributed by atoms with Crippen LogP contribution in [0.1, 0.15) is 18.1 Å². The lowest BCUT2D eigenvalue weighted by Crippen LogP contribution is -2.65. The lowest BCUT2D eigenvalue weighted by Gasteiger charge is -2.36. The fraction of sp³-hybridized carbons (Fsp3) is 0.385. The summed E-state index contributed by atoms with van der Waals surface area (Å²) in [5.41, 5.74) is 0.561. The molecule has 2 aliphatic heterocycles. The van der Waals surface area contributed by atoms with E-state index in [0.29, 0.717) is 12.1 Å². The van der Waals surface area contributed by atoms with Crippen LogP contribution in [0, 0.1) is 0 Å². The summed E-state index contributed by atoms with van der Waals surface area (Å²) in [5.74, 6) is -0.505. The van der Waals surface area contributed by atoms with Gasteiger partial charge in [-0.25, -0.2) is 0 Å². The number of benzene rings is 1. The minimum absolute atomic E-state index is 0.0735. The molecule has 0 spiro atoms. The van der Waals surface area contributed by atoms with Crippen molar-refractivity contribution < 1.29 is 14.7 Å². The Labute approximate surface area is 104 Å². The zero-order valence-corrected chi connectivity index (χ0v) is 9.74. The molecule has 94 valence electrons. The predicted octanol–water partition coefficient (Wildman–Crippen LogP) is -0.181. The Hall–Kier alpha value is -1.88. The topological polar surface area (TPSA) is 69.6 Å². The maximum atomic E-state index is 12.2. The number of rotatable bonds is 2. The Kier molecular flexibility index (Phi) is 2.56. The van der Waals surface area contributed by atoms with Gasteiger partial charge in [0.15, 0.2) is 6.10 Å². The van der Waals surface area contributed by atoms with Crippen LogP contribution >= 0.6 is 0 Å². The zero-order valence-electron chi connectivity index (χ0n) is 9.74. The van der Waals surface area contributed by atoms with Crippen LogP contribution in [0.2, 0.25) is 0 Å². The molecule has 5 nitrogen and oxygen atoms in total. The van der Waals surface area contributed by atoms with Crippen molar-refractivity contribution in [1.29, 1.82) is 0 Å². The van der Waals surface area contributed by atoms with Crippen molar-refractivity contribution in [2.24, 2.45) is 0 Å². The lowest BCUT2D eigenvalue weighted by atomic mass is 9.99. The zero-order chi connectivity index (χ0) is 12.7. The highest BCUT2D eigenvalue weighted by molar-refractivity contribution is 5.95. The molecule has 0 aromatic heterocycles. The summed E-state index contributed by atoms with van der Waals surface area (Å²) in [6.07, 6.45) is -0.415. The molecule has 1 aromatic rings. The maximum Gasteiger partial charge on any atom is 0.256 e.